The number of hydrogen-bond donors (Lipinski definition) is 1. The third-order valence-electron chi connectivity index (χ3n) is 6.66. The zero-order valence-electron chi connectivity index (χ0n) is 19.1. The number of carbonyl (C=O) groups is 2. The first-order chi connectivity index (χ1) is 16.5. The molecule has 1 aliphatic heterocycles. The van der Waals surface area contributed by atoms with Crippen molar-refractivity contribution in [1.29, 1.82) is 0 Å². The van der Waals surface area contributed by atoms with E-state index in [1.54, 1.807) is 11.8 Å². The minimum absolute atomic E-state index is 0.0593. The van der Waals surface area contributed by atoms with Crippen molar-refractivity contribution in [3.8, 4) is 0 Å². The zero-order chi connectivity index (χ0) is 23.7. The minimum Gasteiger partial charge on any atom is -0.346 e. The summed E-state index contributed by atoms with van der Waals surface area (Å²) in [6.07, 6.45) is 3.50. The first-order valence-corrected chi connectivity index (χ1v) is 13.1. The molecule has 2 amide bonds. The van der Waals surface area contributed by atoms with Crippen molar-refractivity contribution in [2.24, 2.45) is 0 Å². The highest BCUT2D eigenvalue weighted by molar-refractivity contribution is 8.00. The second-order valence-corrected chi connectivity index (χ2v) is 10.5. The van der Waals surface area contributed by atoms with Gasteiger partial charge in [-0.15, -0.1) is 11.8 Å². The predicted molar refractivity (Wildman–Crippen MR) is 138 cm³/mol. The molecule has 1 fully saturated rings. The Bertz CT molecular complexity index is 1210. The molecular formula is C28H27ClN2O2S. The van der Waals surface area contributed by atoms with E-state index in [4.69, 9.17) is 11.6 Å². The first kappa shape index (κ1) is 23.0. The molecule has 1 saturated heterocycles. The van der Waals surface area contributed by atoms with Crippen LogP contribution < -0.4 is 5.32 Å². The maximum absolute atomic E-state index is 12.9. The number of thioether (sulfide) groups is 1. The van der Waals surface area contributed by atoms with Crippen LogP contribution >= 0.6 is 23.4 Å². The monoisotopic (exact) mass is 490 g/mol. The molecule has 6 heteroatoms. The van der Waals surface area contributed by atoms with Crippen LogP contribution in [0.25, 0.3) is 0 Å². The van der Waals surface area contributed by atoms with Crippen molar-refractivity contribution in [3.63, 3.8) is 0 Å². The second-order valence-electron chi connectivity index (χ2n) is 9.01. The molecule has 0 saturated carbocycles. The van der Waals surface area contributed by atoms with Gasteiger partial charge in [0.2, 0.25) is 5.91 Å². The van der Waals surface area contributed by atoms with Crippen LogP contribution in [0, 0.1) is 0 Å². The van der Waals surface area contributed by atoms with Crippen LogP contribution in [0.15, 0.2) is 66.7 Å². The Morgan fingerprint density at radius 1 is 1.06 bits per heavy atom. The maximum atomic E-state index is 12.9. The topological polar surface area (TPSA) is 49.4 Å². The van der Waals surface area contributed by atoms with Gasteiger partial charge in [0.1, 0.15) is 5.37 Å². The molecular weight excluding hydrogens is 464 g/mol. The van der Waals surface area contributed by atoms with Crippen LogP contribution in [-0.2, 0) is 24.2 Å². The average molecular weight is 491 g/mol. The van der Waals surface area contributed by atoms with Gasteiger partial charge in [-0.1, -0.05) is 54.1 Å². The lowest BCUT2D eigenvalue weighted by atomic mass is 10.0. The highest BCUT2D eigenvalue weighted by Crippen LogP contribution is 2.39. The number of rotatable bonds is 6. The van der Waals surface area contributed by atoms with Crippen LogP contribution in [0.2, 0.25) is 5.02 Å². The summed E-state index contributed by atoms with van der Waals surface area (Å²) in [6.45, 7) is 2.56. The van der Waals surface area contributed by atoms with Crippen molar-refractivity contribution in [2.75, 3.05) is 5.75 Å². The molecule has 5 rings (SSSR count). The summed E-state index contributed by atoms with van der Waals surface area (Å²) < 4.78 is 0. The Morgan fingerprint density at radius 2 is 1.79 bits per heavy atom. The molecule has 3 aromatic rings. The molecule has 0 radical (unpaired) electrons. The molecule has 1 heterocycles. The van der Waals surface area contributed by atoms with Crippen LogP contribution in [-0.4, -0.2) is 22.5 Å². The molecule has 1 aliphatic carbocycles. The van der Waals surface area contributed by atoms with Crippen molar-refractivity contribution in [1.82, 2.24) is 10.2 Å². The molecule has 34 heavy (non-hydrogen) atoms. The summed E-state index contributed by atoms with van der Waals surface area (Å²) in [6, 6.07) is 21.7. The highest BCUT2D eigenvalue weighted by Gasteiger charge is 2.32. The van der Waals surface area contributed by atoms with Gasteiger partial charge in [0.25, 0.3) is 5.91 Å². The molecule has 0 aromatic heterocycles. The normalized spacial score (nSPS) is 18.1. The van der Waals surface area contributed by atoms with E-state index in [1.807, 2.05) is 60.4 Å². The molecule has 0 unspecified atom stereocenters. The summed E-state index contributed by atoms with van der Waals surface area (Å²) in [5.74, 6) is 0.487. The fourth-order valence-corrected chi connectivity index (χ4v) is 6.03. The predicted octanol–water partition coefficient (Wildman–Crippen LogP) is 6.09. The molecule has 174 valence electrons. The second kappa shape index (κ2) is 9.85. The zero-order valence-corrected chi connectivity index (χ0v) is 20.7. The summed E-state index contributed by atoms with van der Waals surface area (Å²) >= 11 is 7.61. The SMILES string of the molecule is C[C@H](NC(=O)c1ccc([C@@H]2SCC(=O)N2Cc2ccc(Cl)cc2)cc1)c1ccc2c(c1)CCC2. The van der Waals surface area contributed by atoms with Crippen molar-refractivity contribution < 1.29 is 9.59 Å². The number of amides is 2. The van der Waals surface area contributed by atoms with E-state index < -0.39 is 0 Å². The fourth-order valence-electron chi connectivity index (χ4n) is 4.71. The summed E-state index contributed by atoms with van der Waals surface area (Å²) in [5.41, 5.74) is 6.68. The standard InChI is InChI=1S/C28H27ClN2O2S/c1-18(23-12-7-20-3-2-4-24(20)15-23)30-27(33)21-8-10-22(11-9-21)28-31(26(32)17-34-28)16-19-5-13-25(29)14-6-19/h5-15,18,28H,2-4,16-17H2,1H3,(H,30,33)/t18-,28-/m0/s1. The summed E-state index contributed by atoms with van der Waals surface area (Å²) in [5, 5.41) is 3.74. The van der Waals surface area contributed by atoms with E-state index in [2.05, 4.69) is 23.5 Å². The van der Waals surface area contributed by atoms with Gasteiger partial charge in [0.05, 0.1) is 11.8 Å². The third-order valence-corrected chi connectivity index (χ3v) is 8.17. The lowest BCUT2D eigenvalue weighted by Crippen LogP contribution is -2.28. The van der Waals surface area contributed by atoms with E-state index in [9.17, 15) is 9.59 Å². The van der Waals surface area contributed by atoms with Gasteiger partial charge < -0.3 is 10.2 Å². The lowest BCUT2D eigenvalue weighted by Gasteiger charge is -2.24. The van der Waals surface area contributed by atoms with Gasteiger partial charge in [-0.05, 0) is 78.3 Å². The Kier molecular flexibility index (Phi) is 6.66. The number of nitrogens with zero attached hydrogens (tertiary/aromatic N) is 1. The number of carbonyl (C=O) groups excluding carboxylic acids is 2. The van der Waals surface area contributed by atoms with Gasteiger partial charge in [-0.3, -0.25) is 9.59 Å². The Labute approximate surface area is 209 Å². The summed E-state index contributed by atoms with van der Waals surface area (Å²) in [7, 11) is 0. The number of halogens is 1. The molecule has 4 nitrogen and oxygen atoms in total. The van der Waals surface area contributed by atoms with E-state index in [1.165, 1.54) is 17.5 Å². The average Bonchev–Trinajstić information content (AvgIpc) is 3.46. The van der Waals surface area contributed by atoms with E-state index in [0.717, 1.165) is 29.5 Å². The van der Waals surface area contributed by atoms with Gasteiger partial charge in [-0.2, -0.15) is 0 Å². The van der Waals surface area contributed by atoms with Crippen LogP contribution in [0.5, 0.6) is 0 Å². The Balaban J connectivity index is 1.25. The summed E-state index contributed by atoms with van der Waals surface area (Å²) in [4.78, 5) is 27.3. The molecule has 0 bridgehead atoms. The van der Waals surface area contributed by atoms with Crippen molar-refractivity contribution >= 4 is 35.2 Å². The Morgan fingerprint density at radius 3 is 2.56 bits per heavy atom. The quantitative estimate of drug-likeness (QED) is 0.454. The van der Waals surface area contributed by atoms with Gasteiger partial charge in [-0.25, -0.2) is 0 Å². The Hall–Kier alpha value is -2.76. The number of nitrogens with one attached hydrogen (secondary N) is 1. The number of hydrogen-bond acceptors (Lipinski definition) is 3. The van der Waals surface area contributed by atoms with Gasteiger partial charge in [0, 0.05) is 17.1 Å². The van der Waals surface area contributed by atoms with E-state index in [0.29, 0.717) is 22.9 Å². The number of aryl methyl sites for hydroxylation is 2. The van der Waals surface area contributed by atoms with E-state index in [-0.39, 0.29) is 23.2 Å². The smallest absolute Gasteiger partial charge is 0.251 e. The van der Waals surface area contributed by atoms with Crippen LogP contribution in [0.1, 0.15) is 62.9 Å². The van der Waals surface area contributed by atoms with Crippen molar-refractivity contribution in [2.45, 2.75) is 44.1 Å². The minimum atomic E-state index is -0.0901. The van der Waals surface area contributed by atoms with Crippen LogP contribution in [0.3, 0.4) is 0 Å². The fraction of sp³-hybridized carbons (Fsp3) is 0.286. The largest absolute Gasteiger partial charge is 0.346 e. The maximum Gasteiger partial charge on any atom is 0.251 e. The van der Waals surface area contributed by atoms with Gasteiger partial charge in [0.15, 0.2) is 0 Å². The molecule has 2 atom stereocenters. The van der Waals surface area contributed by atoms with Gasteiger partial charge >= 0.3 is 0 Å². The molecule has 0 spiro atoms. The van der Waals surface area contributed by atoms with Crippen molar-refractivity contribution in [3.05, 3.63) is 105 Å². The van der Waals surface area contributed by atoms with E-state index >= 15 is 0 Å². The molecule has 3 aromatic carbocycles. The highest BCUT2D eigenvalue weighted by atomic mass is 35.5. The number of fused-ring (bicyclic) bond motifs is 1. The first-order valence-electron chi connectivity index (χ1n) is 11.7. The van der Waals surface area contributed by atoms with Crippen LogP contribution in [0.4, 0.5) is 0 Å². The number of benzene rings is 3. The molecule has 1 N–H and O–H groups in total. The lowest BCUT2D eigenvalue weighted by molar-refractivity contribution is -0.128. The third kappa shape index (κ3) is 4.86. The molecule has 2 aliphatic rings.